The van der Waals surface area contributed by atoms with Gasteiger partial charge in [-0.3, -0.25) is 0 Å². The molecule has 3 rings (SSSR count). The molecule has 0 spiro atoms. The van der Waals surface area contributed by atoms with E-state index in [4.69, 9.17) is 9.47 Å². The van der Waals surface area contributed by atoms with E-state index < -0.39 is 0 Å². The normalized spacial score (nSPS) is 10.1. The molecule has 3 heteroatoms. The van der Waals surface area contributed by atoms with Gasteiger partial charge in [0, 0.05) is 11.6 Å². The van der Waals surface area contributed by atoms with Gasteiger partial charge in [0.15, 0.2) is 0 Å². The van der Waals surface area contributed by atoms with Crippen molar-refractivity contribution in [2.24, 2.45) is 0 Å². The summed E-state index contributed by atoms with van der Waals surface area (Å²) < 4.78 is 11.1. The highest BCUT2D eigenvalue weighted by atomic mass is 16.5. The lowest BCUT2D eigenvalue weighted by atomic mass is 10.1. The molecule has 0 saturated carbocycles. The van der Waals surface area contributed by atoms with Crippen molar-refractivity contribution in [2.75, 3.05) is 7.11 Å². The third-order valence-corrected chi connectivity index (χ3v) is 3.07. The summed E-state index contributed by atoms with van der Waals surface area (Å²) in [5.74, 6) is 2.12. The van der Waals surface area contributed by atoms with Crippen molar-refractivity contribution >= 4 is 0 Å². The first kappa shape index (κ1) is 13.2. The molecule has 0 atom stereocenters. The number of nitrogens with zero attached hydrogens (tertiary/aromatic N) is 1. The average molecular weight is 277 g/mol. The fourth-order valence-electron chi connectivity index (χ4n) is 2.09. The van der Waals surface area contributed by atoms with Crippen LogP contribution >= 0.6 is 0 Å². The summed E-state index contributed by atoms with van der Waals surface area (Å²) >= 11 is 0. The molecule has 0 bridgehead atoms. The Labute approximate surface area is 123 Å². The molecule has 0 fully saturated rings. The average Bonchev–Trinajstić information content (AvgIpc) is 2.56. The number of rotatable bonds is 4. The summed E-state index contributed by atoms with van der Waals surface area (Å²) in [6, 6.07) is 23.1. The number of hydrogen-bond acceptors (Lipinski definition) is 3. The van der Waals surface area contributed by atoms with Crippen LogP contribution in [0.4, 0.5) is 0 Å². The van der Waals surface area contributed by atoms with Crippen molar-refractivity contribution in [3.05, 3.63) is 72.8 Å². The summed E-state index contributed by atoms with van der Waals surface area (Å²) in [5, 5.41) is 0. The van der Waals surface area contributed by atoms with Crippen molar-refractivity contribution < 1.29 is 9.47 Å². The summed E-state index contributed by atoms with van der Waals surface area (Å²) in [4.78, 5) is 4.54. The molecular formula is C18H15NO2. The van der Waals surface area contributed by atoms with E-state index in [0.717, 1.165) is 22.8 Å². The Morgan fingerprint density at radius 3 is 2.33 bits per heavy atom. The first-order valence-electron chi connectivity index (χ1n) is 6.70. The van der Waals surface area contributed by atoms with Crippen molar-refractivity contribution in [1.29, 1.82) is 0 Å². The maximum atomic E-state index is 5.76. The van der Waals surface area contributed by atoms with Crippen LogP contribution in [0.15, 0.2) is 72.8 Å². The standard InChI is InChI=1S/C18H15NO2/c1-20-17-12-6-5-10-15(17)16-11-7-13-18(19-16)21-14-8-3-2-4-9-14/h2-13H,1H3. The van der Waals surface area contributed by atoms with E-state index in [1.54, 1.807) is 7.11 Å². The molecule has 0 aliphatic carbocycles. The fourth-order valence-corrected chi connectivity index (χ4v) is 2.09. The Kier molecular flexibility index (Phi) is 3.83. The van der Waals surface area contributed by atoms with Gasteiger partial charge < -0.3 is 9.47 Å². The Balaban J connectivity index is 1.93. The molecule has 2 aromatic carbocycles. The predicted octanol–water partition coefficient (Wildman–Crippen LogP) is 4.55. The highest BCUT2D eigenvalue weighted by Gasteiger charge is 2.07. The molecule has 21 heavy (non-hydrogen) atoms. The minimum absolute atomic E-state index is 0.560. The van der Waals surface area contributed by atoms with E-state index in [2.05, 4.69) is 4.98 Å². The van der Waals surface area contributed by atoms with Gasteiger partial charge in [-0.1, -0.05) is 36.4 Å². The molecule has 0 aliphatic heterocycles. The zero-order chi connectivity index (χ0) is 14.5. The topological polar surface area (TPSA) is 31.4 Å². The predicted molar refractivity (Wildman–Crippen MR) is 82.7 cm³/mol. The van der Waals surface area contributed by atoms with Crippen molar-refractivity contribution in [3.63, 3.8) is 0 Å². The third kappa shape index (κ3) is 3.03. The third-order valence-electron chi connectivity index (χ3n) is 3.07. The quantitative estimate of drug-likeness (QED) is 0.701. The van der Waals surface area contributed by atoms with Crippen LogP contribution in [0.5, 0.6) is 17.4 Å². The molecule has 0 aliphatic rings. The lowest BCUT2D eigenvalue weighted by Crippen LogP contribution is -1.92. The smallest absolute Gasteiger partial charge is 0.219 e. The molecule has 104 valence electrons. The monoisotopic (exact) mass is 277 g/mol. The largest absolute Gasteiger partial charge is 0.496 e. The van der Waals surface area contributed by atoms with E-state index in [9.17, 15) is 0 Å². The molecule has 0 saturated heterocycles. The zero-order valence-electron chi connectivity index (χ0n) is 11.7. The molecule has 1 heterocycles. The van der Waals surface area contributed by atoms with Crippen LogP contribution in [0.1, 0.15) is 0 Å². The highest BCUT2D eigenvalue weighted by molar-refractivity contribution is 5.67. The lowest BCUT2D eigenvalue weighted by Gasteiger charge is -2.09. The second-order valence-corrected chi connectivity index (χ2v) is 4.48. The van der Waals surface area contributed by atoms with Crippen LogP contribution in [0.25, 0.3) is 11.3 Å². The second-order valence-electron chi connectivity index (χ2n) is 4.48. The summed E-state index contributed by atoms with van der Waals surface area (Å²) in [5.41, 5.74) is 1.76. The van der Waals surface area contributed by atoms with Gasteiger partial charge >= 0.3 is 0 Å². The van der Waals surface area contributed by atoms with Gasteiger partial charge in [0.05, 0.1) is 12.8 Å². The van der Waals surface area contributed by atoms with Crippen molar-refractivity contribution in [1.82, 2.24) is 4.98 Å². The summed E-state index contributed by atoms with van der Waals surface area (Å²) in [7, 11) is 1.66. The van der Waals surface area contributed by atoms with E-state index in [1.165, 1.54) is 0 Å². The van der Waals surface area contributed by atoms with Gasteiger partial charge in [-0.2, -0.15) is 0 Å². The number of pyridine rings is 1. The van der Waals surface area contributed by atoms with Gasteiger partial charge in [0.1, 0.15) is 11.5 Å². The minimum Gasteiger partial charge on any atom is -0.496 e. The number of ether oxygens (including phenoxy) is 2. The number of hydrogen-bond donors (Lipinski definition) is 0. The minimum atomic E-state index is 0.560. The number of methoxy groups -OCH3 is 1. The molecule has 0 unspecified atom stereocenters. The van der Waals surface area contributed by atoms with E-state index in [0.29, 0.717) is 5.88 Å². The van der Waals surface area contributed by atoms with Gasteiger partial charge in [0.25, 0.3) is 0 Å². The van der Waals surface area contributed by atoms with Crippen molar-refractivity contribution in [2.45, 2.75) is 0 Å². The van der Waals surface area contributed by atoms with Crippen LogP contribution in [0.2, 0.25) is 0 Å². The molecule has 1 aromatic heterocycles. The Bertz CT molecular complexity index is 726. The molecule has 0 radical (unpaired) electrons. The number of para-hydroxylation sites is 2. The van der Waals surface area contributed by atoms with Gasteiger partial charge in [-0.05, 0) is 30.3 Å². The second kappa shape index (κ2) is 6.09. The summed E-state index contributed by atoms with van der Waals surface area (Å²) in [6.07, 6.45) is 0. The van der Waals surface area contributed by atoms with Crippen LogP contribution < -0.4 is 9.47 Å². The van der Waals surface area contributed by atoms with Gasteiger partial charge in [-0.15, -0.1) is 0 Å². The highest BCUT2D eigenvalue weighted by Crippen LogP contribution is 2.30. The zero-order valence-corrected chi connectivity index (χ0v) is 11.7. The molecule has 0 N–H and O–H groups in total. The van der Waals surface area contributed by atoms with Crippen molar-refractivity contribution in [3.8, 4) is 28.6 Å². The lowest BCUT2D eigenvalue weighted by molar-refractivity contribution is 0.416. The molecule has 3 nitrogen and oxygen atoms in total. The molecule has 0 amide bonds. The first-order chi connectivity index (χ1) is 10.4. The van der Waals surface area contributed by atoms with E-state index >= 15 is 0 Å². The maximum absolute atomic E-state index is 5.76. The fraction of sp³-hybridized carbons (Fsp3) is 0.0556. The maximum Gasteiger partial charge on any atom is 0.219 e. The first-order valence-corrected chi connectivity index (χ1v) is 6.70. The Morgan fingerprint density at radius 1 is 0.762 bits per heavy atom. The SMILES string of the molecule is COc1ccccc1-c1cccc(Oc2ccccc2)n1. The Morgan fingerprint density at radius 2 is 1.52 bits per heavy atom. The number of aromatic nitrogens is 1. The summed E-state index contributed by atoms with van der Waals surface area (Å²) in [6.45, 7) is 0. The van der Waals surface area contributed by atoms with Gasteiger partial charge in [0.2, 0.25) is 5.88 Å². The number of benzene rings is 2. The Hall–Kier alpha value is -2.81. The van der Waals surface area contributed by atoms with Crippen LogP contribution in [-0.4, -0.2) is 12.1 Å². The van der Waals surface area contributed by atoms with Crippen LogP contribution in [-0.2, 0) is 0 Å². The van der Waals surface area contributed by atoms with Gasteiger partial charge in [-0.25, -0.2) is 4.98 Å². The van der Waals surface area contributed by atoms with E-state index in [1.807, 2.05) is 72.8 Å². The van der Waals surface area contributed by atoms with Crippen LogP contribution in [0.3, 0.4) is 0 Å². The molecular weight excluding hydrogens is 262 g/mol. The van der Waals surface area contributed by atoms with Crippen LogP contribution in [0, 0.1) is 0 Å². The van der Waals surface area contributed by atoms with E-state index in [-0.39, 0.29) is 0 Å². The molecule has 3 aromatic rings.